The van der Waals surface area contributed by atoms with Crippen LogP contribution >= 0.6 is 0 Å². The summed E-state index contributed by atoms with van der Waals surface area (Å²) in [6.07, 6.45) is -3.98. The first-order chi connectivity index (χ1) is 13.2. The Morgan fingerprint density at radius 3 is 2.64 bits per heavy atom. The van der Waals surface area contributed by atoms with Crippen molar-refractivity contribution in [3.63, 3.8) is 0 Å². The van der Waals surface area contributed by atoms with Crippen molar-refractivity contribution < 1.29 is 27.1 Å². The standard InChI is InChI=1S/C19H23F4N3O2/c1-3-28-9-8-13(2)11-26(12-14-6-4-5-7-15(14)20)18(27)16-10-17(25-24-16)19(21,22)23/h4-7,10,13H,3,8-9,11-12H2,1-2H3,(H,24,25). The summed E-state index contributed by atoms with van der Waals surface area (Å²) < 4.78 is 57.7. The average molecular weight is 401 g/mol. The number of aromatic amines is 1. The van der Waals surface area contributed by atoms with Crippen molar-refractivity contribution >= 4 is 5.91 Å². The van der Waals surface area contributed by atoms with Gasteiger partial charge in [-0.15, -0.1) is 0 Å². The van der Waals surface area contributed by atoms with E-state index in [0.29, 0.717) is 25.7 Å². The lowest BCUT2D eigenvalue weighted by molar-refractivity contribution is -0.141. The predicted molar refractivity (Wildman–Crippen MR) is 95.0 cm³/mol. The van der Waals surface area contributed by atoms with Crippen LogP contribution in [0.2, 0.25) is 0 Å². The van der Waals surface area contributed by atoms with E-state index < -0.39 is 23.6 Å². The molecule has 1 amide bonds. The van der Waals surface area contributed by atoms with E-state index in [0.717, 1.165) is 0 Å². The van der Waals surface area contributed by atoms with Crippen LogP contribution in [0.3, 0.4) is 0 Å². The third-order valence-corrected chi connectivity index (χ3v) is 4.20. The molecule has 0 saturated carbocycles. The van der Waals surface area contributed by atoms with Gasteiger partial charge in [0.15, 0.2) is 5.69 Å². The van der Waals surface area contributed by atoms with Gasteiger partial charge in [0.25, 0.3) is 5.91 Å². The van der Waals surface area contributed by atoms with Crippen molar-refractivity contribution in [2.45, 2.75) is 33.0 Å². The van der Waals surface area contributed by atoms with Crippen LogP contribution < -0.4 is 0 Å². The molecule has 2 aromatic rings. The summed E-state index contributed by atoms with van der Waals surface area (Å²) in [6, 6.07) is 6.63. The lowest BCUT2D eigenvalue weighted by Crippen LogP contribution is -2.35. The highest BCUT2D eigenvalue weighted by Crippen LogP contribution is 2.28. The highest BCUT2D eigenvalue weighted by molar-refractivity contribution is 5.92. The van der Waals surface area contributed by atoms with Gasteiger partial charge < -0.3 is 9.64 Å². The molecule has 0 aliphatic rings. The lowest BCUT2D eigenvalue weighted by Gasteiger charge is -2.25. The second-order valence-corrected chi connectivity index (χ2v) is 6.53. The van der Waals surface area contributed by atoms with Crippen LogP contribution in [0.15, 0.2) is 30.3 Å². The first-order valence-corrected chi connectivity index (χ1v) is 8.95. The van der Waals surface area contributed by atoms with Crippen molar-refractivity contribution in [2.24, 2.45) is 5.92 Å². The zero-order chi connectivity index (χ0) is 20.7. The minimum Gasteiger partial charge on any atom is -0.382 e. The largest absolute Gasteiger partial charge is 0.432 e. The van der Waals surface area contributed by atoms with Crippen LogP contribution in [0.1, 0.15) is 42.0 Å². The molecule has 1 heterocycles. The zero-order valence-electron chi connectivity index (χ0n) is 15.7. The van der Waals surface area contributed by atoms with Gasteiger partial charge in [-0.05, 0) is 25.3 Å². The average Bonchev–Trinajstić information content (AvgIpc) is 3.13. The van der Waals surface area contributed by atoms with E-state index in [1.165, 1.54) is 23.1 Å². The lowest BCUT2D eigenvalue weighted by atomic mass is 10.1. The minimum atomic E-state index is -4.63. The normalized spacial score (nSPS) is 12.8. The van der Waals surface area contributed by atoms with E-state index in [1.807, 2.05) is 18.9 Å². The van der Waals surface area contributed by atoms with Gasteiger partial charge in [-0.3, -0.25) is 9.89 Å². The predicted octanol–water partition coefficient (Wildman–Crippen LogP) is 4.27. The van der Waals surface area contributed by atoms with Crippen molar-refractivity contribution in [3.8, 4) is 0 Å². The fourth-order valence-electron chi connectivity index (χ4n) is 2.69. The molecule has 9 heteroatoms. The van der Waals surface area contributed by atoms with Gasteiger partial charge in [-0.2, -0.15) is 18.3 Å². The second-order valence-electron chi connectivity index (χ2n) is 6.53. The van der Waals surface area contributed by atoms with Gasteiger partial charge in [0.05, 0.1) is 0 Å². The summed E-state index contributed by atoms with van der Waals surface area (Å²) in [5, 5.41) is 5.33. The number of nitrogens with one attached hydrogen (secondary N) is 1. The molecule has 0 saturated heterocycles. The van der Waals surface area contributed by atoms with E-state index >= 15 is 0 Å². The number of benzene rings is 1. The summed E-state index contributed by atoms with van der Waals surface area (Å²) in [7, 11) is 0. The summed E-state index contributed by atoms with van der Waals surface area (Å²) in [5.41, 5.74) is -1.19. The number of nitrogens with zero attached hydrogens (tertiary/aromatic N) is 2. The molecule has 28 heavy (non-hydrogen) atoms. The Morgan fingerprint density at radius 1 is 1.32 bits per heavy atom. The number of aromatic nitrogens is 2. The molecule has 0 radical (unpaired) electrons. The molecule has 1 unspecified atom stereocenters. The van der Waals surface area contributed by atoms with Crippen molar-refractivity contribution in [3.05, 3.63) is 53.1 Å². The molecule has 0 fully saturated rings. The third kappa shape index (κ3) is 6.05. The van der Waals surface area contributed by atoms with E-state index in [9.17, 15) is 22.4 Å². The number of carbonyl (C=O) groups excluding carboxylic acids is 1. The number of H-pyrrole nitrogens is 1. The first-order valence-electron chi connectivity index (χ1n) is 8.95. The van der Waals surface area contributed by atoms with Gasteiger partial charge in [-0.25, -0.2) is 4.39 Å². The molecule has 0 aliphatic carbocycles. The maximum Gasteiger partial charge on any atom is 0.432 e. The molecule has 1 N–H and O–H groups in total. The van der Waals surface area contributed by atoms with Crippen LogP contribution in [-0.4, -0.2) is 40.8 Å². The maximum atomic E-state index is 14.0. The highest BCUT2D eigenvalue weighted by atomic mass is 19.4. The monoisotopic (exact) mass is 401 g/mol. The number of carbonyl (C=O) groups is 1. The SMILES string of the molecule is CCOCCC(C)CN(Cc1ccccc1F)C(=O)c1cc(C(F)(F)F)[nH]n1. The summed E-state index contributed by atoms with van der Waals surface area (Å²) in [5.74, 6) is -1.18. The number of ether oxygens (including phenoxy) is 1. The number of rotatable bonds is 9. The Morgan fingerprint density at radius 2 is 2.04 bits per heavy atom. The van der Waals surface area contributed by atoms with Crippen molar-refractivity contribution in [1.82, 2.24) is 15.1 Å². The number of hydrogen-bond donors (Lipinski definition) is 1. The topological polar surface area (TPSA) is 58.2 Å². The van der Waals surface area contributed by atoms with Crippen molar-refractivity contribution in [2.75, 3.05) is 19.8 Å². The molecule has 1 aromatic heterocycles. The van der Waals surface area contributed by atoms with Crippen LogP contribution in [0, 0.1) is 11.7 Å². The highest BCUT2D eigenvalue weighted by Gasteiger charge is 2.34. The van der Waals surface area contributed by atoms with E-state index in [4.69, 9.17) is 4.74 Å². The summed E-state index contributed by atoms with van der Waals surface area (Å²) in [4.78, 5) is 14.1. The number of halogens is 4. The quantitative estimate of drug-likeness (QED) is 0.504. The molecule has 0 spiro atoms. The van der Waals surface area contributed by atoms with Crippen LogP contribution in [0.25, 0.3) is 0 Å². The molecule has 0 aliphatic heterocycles. The van der Waals surface area contributed by atoms with E-state index in [-0.39, 0.29) is 30.3 Å². The first kappa shape index (κ1) is 21.9. The van der Waals surface area contributed by atoms with E-state index in [1.54, 1.807) is 6.07 Å². The zero-order valence-corrected chi connectivity index (χ0v) is 15.7. The Labute approximate surface area is 160 Å². The van der Waals surface area contributed by atoms with Crippen LogP contribution in [-0.2, 0) is 17.5 Å². The van der Waals surface area contributed by atoms with E-state index in [2.05, 4.69) is 5.10 Å². The fourth-order valence-corrected chi connectivity index (χ4v) is 2.69. The van der Waals surface area contributed by atoms with Gasteiger partial charge in [0.1, 0.15) is 11.5 Å². The summed E-state index contributed by atoms with van der Waals surface area (Å²) >= 11 is 0. The second kappa shape index (κ2) is 9.68. The molecule has 0 bridgehead atoms. The smallest absolute Gasteiger partial charge is 0.382 e. The molecule has 2 rings (SSSR count). The molecule has 1 atom stereocenters. The van der Waals surface area contributed by atoms with Crippen LogP contribution in [0.5, 0.6) is 0 Å². The van der Waals surface area contributed by atoms with Crippen molar-refractivity contribution in [1.29, 1.82) is 0 Å². The van der Waals surface area contributed by atoms with Gasteiger partial charge in [0, 0.05) is 37.9 Å². The fraction of sp³-hybridized carbons (Fsp3) is 0.474. The number of alkyl halides is 3. The Bertz CT molecular complexity index is 777. The Balaban J connectivity index is 2.20. The minimum absolute atomic E-state index is 0.00306. The maximum absolute atomic E-state index is 14.0. The Hall–Kier alpha value is -2.42. The van der Waals surface area contributed by atoms with Gasteiger partial charge in [0.2, 0.25) is 0 Å². The molecular formula is C19H23F4N3O2. The van der Waals surface area contributed by atoms with Crippen LogP contribution in [0.4, 0.5) is 17.6 Å². The number of hydrogen-bond acceptors (Lipinski definition) is 3. The summed E-state index contributed by atoms with van der Waals surface area (Å²) in [6.45, 7) is 4.99. The third-order valence-electron chi connectivity index (χ3n) is 4.20. The molecule has 5 nitrogen and oxygen atoms in total. The molecule has 1 aromatic carbocycles. The number of amides is 1. The van der Waals surface area contributed by atoms with Gasteiger partial charge in [-0.1, -0.05) is 25.1 Å². The van der Waals surface area contributed by atoms with Gasteiger partial charge >= 0.3 is 6.18 Å². The molecular weight excluding hydrogens is 378 g/mol. The molecule has 154 valence electrons. The Kier molecular flexibility index (Phi) is 7.56.